The van der Waals surface area contributed by atoms with Crippen molar-refractivity contribution in [2.75, 3.05) is 18.1 Å². The first kappa shape index (κ1) is 20.5. The number of sulfonamides is 1. The molecule has 0 aliphatic carbocycles. The molecule has 1 amide bonds. The first-order chi connectivity index (χ1) is 12.6. The van der Waals surface area contributed by atoms with Crippen molar-refractivity contribution in [3.8, 4) is 0 Å². The van der Waals surface area contributed by atoms with Gasteiger partial charge in [-0.3, -0.25) is 14.9 Å². The van der Waals surface area contributed by atoms with Crippen LogP contribution in [-0.4, -0.2) is 36.4 Å². The number of benzene rings is 2. The molecular formula is C17H18FN3O5S. The summed E-state index contributed by atoms with van der Waals surface area (Å²) in [7, 11) is -3.80. The molecule has 0 bridgehead atoms. The Bertz CT molecular complexity index is 978. The monoisotopic (exact) mass is 395 g/mol. The van der Waals surface area contributed by atoms with E-state index in [-0.39, 0.29) is 23.5 Å². The van der Waals surface area contributed by atoms with Crippen LogP contribution in [0.2, 0.25) is 0 Å². The van der Waals surface area contributed by atoms with Crippen LogP contribution in [0, 0.1) is 22.9 Å². The van der Waals surface area contributed by atoms with Gasteiger partial charge in [0.05, 0.1) is 23.4 Å². The maximum atomic E-state index is 13.8. The fourth-order valence-electron chi connectivity index (χ4n) is 2.32. The molecule has 0 saturated heterocycles. The predicted octanol–water partition coefficient (Wildman–Crippen LogP) is 2.44. The fraction of sp³-hybridized carbons (Fsp3) is 0.235. The number of aryl methyl sites for hydroxylation is 1. The number of nitro groups is 1. The lowest BCUT2D eigenvalue weighted by atomic mass is 10.2. The Morgan fingerprint density at radius 2 is 1.93 bits per heavy atom. The summed E-state index contributed by atoms with van der Waals surface area (Å²) in [5.41, 5.74) is 0.701. The SMILES string of the molecule is Cc1ccc([N+](=O)[O-])cc1NC(=O)CN(Cc1ccccc1F)S(C)(=O)=O. The lowest BCUT2D eigenvalue weighted by Gasteiger charge is -2.20. The Kier molecular flexibility index (Phi) is 6.24. The van der Waals surface area contributed by atoms with Gasteiger partial charge in [-0.1, -0.05) is 24.3 Å². The molecule has 0 aliphatic rings. The van der Waals surface area contributed by atoms with Crippen molar-refractivity contribution >= 4 is 27.3 Å². The number of nitro benzene ring substituents is 1. The number of hydrogen-bond donors (Lipinski definition) is 1. The Balaban J connectivity index is 2.19. The van der Waals surface area contributed by atoms with Crippen molar-refractivity contribution in [1.82, 2.24) is 4.31 Å². The van der Waals surface area contributed by atoms with Gasteiger partial charge in [0.1, 0.15) is 5.82 Å². The number of amides is 1. The molecule has 0 heterocycles. The standard InChI is InChI=1S/C17H18FN3O5S/c1-12-7-8-14(21(23)24)9-16(12)19-17(22)11-20(27(2,25)26)10-13-5-3-4-6-15(13)18/h3-9H,10-11H2,1-2H3,(H,19,22). The van der Waals surface area contributed by atoms with Gasteiger partial charge in [-0.15, -0.1) is 0 Å². The molecule has 0 aromatic heterocycles. The molecule has 0 saturated carbocycles. The number of rotatable bonds is 7. The van der Waals surface area contributed by atoms with Crippen molar-refractivity contribution in [1.29, 1.82) is 0 Å². The van der Waals surface area contributed by atoms with E-state index >= 15 is 0 Å². The van der Waals surface area contributed by atoms with Crippen molar-refractivity contribution in [3.63, 3.8) is 0 Å². The number of halogens is 1. The van der Waals surface area contributed by atoms with Gasteiger partial charge in [-0.2, -0.15) is 4.31 Å². The van der Waals surface area contributed by atoms with Crippen LogP contribution in [0.1, 0.15) is 11.1 Å². The Labute approximate surface area is 155 Å². The number of nitrogens with one attached hydrogen (secondary N) is 1. The summed E-state index contributed by atoms with van der Waals surface area (Å²) >= 11 is 0. The smallest absolute Gasteiger partial charge is 0.271 e. The van der Waals surface area contributed by atoms with Gasteiger partial charge in [0.15, 0.2) is 0 Å². The minimum absolute atomic E-state index is 0.127. The van der Waals surface area contributed by atoms with E-state index in [9.17, 15) is 27.7 Å². The average Bonchev–Trinajstić information content (AvgIpc) is 2.57. The van der Waals surface area contributed by atoms with Crippen LogP contribution in [0.4, 0.5) is 15.8 Å². The molecule has 0 radical (unpaired) electrons. The van der Waals surface area contributed by atoms with E-state index in [0.29, 0.717) is 5.56 Å². The largest absolute Gasteiger partial charge is 0.324 e. The van der Waals surface area contributed by atoms with Gasteiger partial charge >= 0.3 is 0 Å². The van der Waals surface area contributed by atoms with Crippen LogP contribution in [0.5, 0.6) is 0 Å². The number of carbonyl (C=O) groups excluding carboxylic acids is 1. The van der Waals surface area contributed by atoms with Crippen LogP contribution in [0.25, 0.3) is 0 Å². The number of carbonyl (C=O) groups is 1. The third kappa shape index (κ3) is 5.56. The van der Waals surface area contributed by atoms with Crippen LogP contribution in [0.15, 0.2) is 42.5 Å². The molecule has 0 atom stereocenters. The van der Waals surface area contributed by atoms with Gasteiger partial charge in [-0.25, -0.2) is 12.8 Å². The molecule has 2 aromatic rings. The van der Waals surface area contributed by atoms with Gasteiger partial charge in [0.25, 0.3) is 5.69 Å². The van der Waals surface area contributed by atoms with Crippen molar-refractivity contribution < 1.29 is 22.5 Å². The summed E-state index contributed by atoms with van der Waals surface area (Å²) in [4.78, 5) is 22.6. The summed E-state index contributed by atoms with van der Waals surface area (Å²) in [6, 6.07) is 9.62. The Morgan fingerprint density at radius 1 is 1.26 bits per heavy atom. The zero-order valence-electron chi connectivity index (χ0n) is 14.7. The van der Waals surface area contributed by atoms with Gasteiger partial charge in [0, 0.05) is 24.2 Å². The van der Waals surface area contributed by atoms with E-state index in [1.807, 2.05) is 0 Å². The lowest BCUT2D eigenvalue weighted by molar-refractivity contribution is -0.384. The third-order valence-electron chi connectivity index (χ3n) is 3.80. The van der Waals surface area contributed by atoms with E-state index in [1.165, 1.54) is 36.4 Å². The normalized spacial score (nSPS) is 11.4. The quantitative estimate of drug-likeness (QED) is 0.572. The molecule has 1 N–H and O–H groups in total. The topological polar surface area (TPSA) is 110 Å². The summed E-state index contributed by atoms with van der Waals surface area (Å²) in [5.74, 6) is -1.28. The van der Waals surface area contributed by atoms with Crippen LogP contribution >= 0.6 is 0 Å². The van der Waals surface area contributed by atoms with E-state index in [4.69, 9.17) is 0 Å². The van der Waals surface area contributed by atoms with Crippen LogP contribution in [0.3, 0.4) is 0 Å². The molecule has 0 aliphatic heterocycles. The van der Waals surface area contributed by atoms with Crippen molar-refractivity contribution in [3.05, 3.63) is 69.5 Å². The molecular weight excluding hydrogens is 377 g/mol. The minimum atomic E-state index is -3.80. The van der Waals surface area contributed by atoms with Crippen molar-refractivity contribution in [2.45, 2.75) is 13.5 Å². The highest BCUT2D eigenvalue weighted by Crippen LogP contribution is 2.22. The molecule has 27 heavy (non-hydrogen) atoms. The second-order valence-electron chi connectivity index (χ2n) is 5.93. The number of hydrogen-bond acceptors (Lipinski definition) is 5. The minimum Gasteiger partial charge on any atom is -0.324 e. The van der Waals surface area contributed by atoms with Gasteiger partial charge in [-0.05, 0) is 18.6 Å². The third-order valence-corrected chi connectivity index (χ3v) is 5.00. The fourth-order valence-corrected chi connectivity index (χ4v) is 3.04. The van der Waals surface area contributed by atoms with E-state index in [0.717, 1.165) is 10.6 Å². The van der Waals surface area contributed by atoms with E-state index in [1.54, 1.807) is 13.0 Å². The highest BCUT2D eigenvalue weighted by Gasteiger charge is 2.22. The number of nitrogens with zero attached hydrogens (tertiary/aromatic N) is 2. The molecule has 10 heteroatoms. The zero-order valence-corrected chi connectivity index (χ0v) is 15.5. The molecule has 0 fully saturated rings. The molecule has 0 unspecified atom stereocenters. The first-order valence-corrected chi connectivity index (χ1v) is 9.66. The van der Waals surface area contributed by atoms with Gasteiger partial charge < -0.3 is 5.32 Å². The lowest BCUT2D eigenvalue weighted by Crippen LogP contribution is -2.37. The van der Waals surface area contributed by atoms with E-state index in [2.05, 4.69) is 5.32 Å². The van der Waals surface area contributed by atoms with Gasteiger partial charge in [0.2, 0.25) is 15.9 Å². The highest BCUT2D eigenvalue weighted by atomic mass is 32.2. The van der Waals surface area contributed by atoms with Crippen molar-refractivity contribution in [2.24, 2.45) is 0 Å². The average molecular weight is 395 g/mol. The summed E-state index contributed by atoms with van der Waals surface area (Å²) in [6.45, 7) is 0.773. The first-order valence-electron chi connectivity index (χ1n) is 7.81. The molecule has 2 aromatic carbocycles. The summed E-state index contributed by atoms with van der Waals surface area (Å²) < 4.78 is 38.6. The maximum Gasteiger partial charge on any atom is 0.271 e. The van der Waals surface area contributed by atoms with Crippen LogP contribution < -0.4 is 5.32 Å². The summed E-state index contributed by atoms with van der Waals surface area (Å²) in [5, 5.41) is 13.3. The number of anilines is 1. The molecule has 144 valence electrons. The Hall–Kier alpha value is -2.85. The second-order valence-corrected chi connectivity index (χ2v) is 7.91. The molecule has 0 spiro atoms. The van der Waals surface area contributed by atoms with Crippen LogP contribution in [-0.2, 0) is 21.4 Å². The Morgan fingerprint density at radius 3 is 2.52 bits per heavy atom. The highest BCUT2D eigenvalue weighted by molar-refractivity contribution is 7.88. The predicted molar refractivity (Wildman–Crippen MR) is 98.1 cm³/mol. The molecule has 8 nitrogen and oxygen atoms in total. The summed E-state index contributed by atoms with van der Waals surface area (Å²) in [6.07, 6.45) is 0.916. The zero-order chi connectivity index (χ0) is 20.2. The molecule has 2 rings (SSSR count). The second kappa shape index (κ2) is 8.23. The number of non-ortho nitro benzene ring substituents is 1. The van der Waals surface area contributed by atoms with E-state index < -0.39 is 33.2 Å². The maximum absolute atomic E-state index is 13.8.